The molecule has 8 heteroatoms. The van der Waals surface area contributed by atoms with Crippen LogP contribution in [0.25, 0.3) is 5.69 Å². The van der Waals surface area contributed by atoms with Crippen LogP contribution < -0.4 is 10.1 Å². The molecule has 1 atom stereocenters. The maximum atomic E-state index is 12.6. The summed E-state index contributed by atoms with van der Waals surface area (Å²) in [7, 11) is 0. The normalized spacial score (nSPS) is 15.3. The van der Waals surface area contributed by atoms with Crippen LogP contribution in [-0.2, 0) is 24.1 Å². The molecule has 154 valence electrons. The van der Waals surface area contributed by atoms with E-state index in [9.17, 15) is 10.1 Å². The largest absolute Gasteiger partial charge is 0.482 e. The van der Waals surface area contributed by atoms with Crippen LogP contribution in [0.4, 0.5) is 5.00 Å². The van der Waals surface area contributed by atoms with Gasteiger partial charge in [0.2, 0.25) is 0 Å². The number of nitrogens with one attached hydrogen (secondary N) is 1. The number of aryl methyl sites for hydroxylation is 1. The fraction of sp³-hybridized carbons (Fsp3) is 0.364. The molecule has 0 aliphatic heterocycles. The lowest BCUT2D eigenvalue weighted by molar-refractivity contribution is -0.118. The van der Waals surface area contributed by atoms with Gasteiger partial charge in [0.25, 0.3) is 5.91 Å². The molecule has 1 aromatic carbocycles. The fourth-order valence-electron chi connectivity index (χ4n) is 3.69. The van der Waals surface area contributed by atoms with Crippen LogP contribution >= 0.6 is 11.3 Å². The third-order valence-corrected chi connectivity index (χ3v) is 6.53. The molecular formula is C22H23N5O2S. The van der Waals surface area contributed by atoms with E-state index in [1.165, 1.54) is 16.2 Å². The van der Waals surface area contributed by atoms with Gasteiger partial charge in [-0.2, -0.15) is 5.26 Å². The van der Waals surface area contributed by atoms with Crippen molar-refractivity contribution in [2.75, 3.05) is 11.9 Å². The standard InChI is InChI=1S/C22H23N5O2S/c1-3-15-5-7-19(18(9-15)27-12-24-25-13-27)29-11-21(28)26-22-17(10-23)16-6-4-14(2)8-20(16)30-22/h5,7,9,12-14H,3-4,6,8,11H2,1-2H3,(H,26,28)/t14-/m0/s1. The lowest BCUT2D eigenvalue weighted by Crippen LogP contribution is -2.20. The van der Waals surface area contributed by atoms with Crippen molar-refractivity contribution in [2.45, 2.75) is 39.5 Å². The van der Waals surface area contributed by atoms with Gasteiger partial charge in [-0.15, -0.1) is 21.5 Å². The number of thiophene rings is 1. The van der Waals surface area contributed by atoms with Crippen LogP contribution in [0.5, 0.6) is 5.75 Å². The van der Waals surface area contributed by atoms with Crippen LogP contribution in [0.3, 0.4) is 0 Å². The number of ether oxygens (including phenoxy) is 1. The van der Waals surface area contributed by atoms with Crippen LogP contribution in [0.2, 0.25) is 0 Å². The summed E-state index contributed by atoms with van der Waals surface area (Å²) in [6, 6.07) is 8.10. The highest BCUT2D eigenvalue weighted by Crippen LogP contribution is 2.39. The lowest BCUT2D eigenvalue weighted by Gasteiger charge is -2.17. The summed E-state index contributed by atoms with van der Waals surface area (Å²) < 4.78 is 7.58. The maximum absolute atomic E-state index is 12.6. The van der Waals surface area contributed by atoms with Gasteiger partial charge in [0.05, 0.1) is 11.3 Å². The Labute approximate surface area is 179 Å². The van der Waals surface area contributed by atoms with E-state index >= 15 is 0 Å². The van der Waals surface area contributed by atoms with Gasteiger partial charge in [-0.05, 0) is 54.9 Å². The van der Waals surface area contributed by atoms with Gasteiger partial charge in [0.1, 0.15) is 29.5 Å². The van der Waals surface area contributed by atoms with Crippen molar-refractivity contribution in [3.8, 4) is 17.5 Å². The highest BCUT2D eigenvalue weighted by molar-refractivity contribution is 7.16. The molecule has 0 saturated heterocycles. The molecule has 1 aliphatic rings. The summed E-state index contributed by atoms with van der Waals surface area (Å²) in [6.07, 6.45) is 7.01. The number of hydrogen-bond acceptors (Lipinski definition) is 6. The van der Waals surface area contributed by atoms with Gasteiger partial charge in [0, 0.05) is 4.88 Å². The third kappa shape index (κ3) is 4.07. The Hall–Kier alpha value is -3.18. The first kappa shape index (κ1) is 20.1. The van der Waals surface area contributed by atoms with Gasteiger partial charge in [-0.3, -0.25) is 9.36 Å². The van der Waals surface area contributed by atoms with Crippen LogP contribution in [0.1, 0.15) is 41.8 Å². The van der Waals surface area contributed by atoms with E-state index in [1.807, 2.05) is 18.2 Å². The lowest BCUT2D eigenvalue weighted by atomic mass is 9.89. The van der Waals surface area contributed by atoms with Crippen LogP contribution in [-0.4, -0.2) is 27.3 Å². The number of fused-ring (bicyclic) bond motifs is 1. The molecule has 0 bridgehead atoms. The smallest absolute Gasteiger partial charge is 0.262 e. The first-order chi connectivity index (χ1) is 14.6. The predicted molar refractivity (Wildman–Crippen MR) is 115 cm³/mol. The Kier molecular flexibility index (Phi) is 5.81. The quantitative estimate of drug-likeness (QED) is 0.651. The van der Waals surface area contributed by atoms with Crippen molar-refractivity contribution in [2.24, 2.45) is 5.92 Å². The molecule has 0 fully saturated rings. The van der Waals surface area contributed by atoms with Crippen molar-refractivity contribution in [1.82, 2.24) is 14.8 Å². The molecule has 1 amide bonds. The second kappa shape index (κ2) is 8.67. The van der Waals surface area contributed by atoms with E-state index in [1.54, 1.807) is 17.2 Å². The fourth-order valence-corrected chi connectivity index (χ4v) is 5.07. The number of benzene rings is 1. The van der Waals surface area contributed by atoms with Gasteiger partial charge in [-0.25, -0.2) is 0 Å². The molecule has 2 aromatic heterocycles. The summed E-state index contributed by atoms with van der Waals surface area (Å²) >= 11 is 1.52. The zero-order valence-electron chi connectivity index (χ0n) is 17.0. The molecule has 0 unspecified atom stereocenters. The monoisotopic (exact) mass is 421 g/mol. The van der Waals surface area contributed by atoms with E-state index in [4.69, 9.17) is 4.74 Å². The number of aromatic nitrogens is 3. The Morgan fingerprint density at radius 1 is 1.40 bits per heavy atom. The summed E-state index contributed by atoms with van der Waals surface area (Å²) in [6.45, 7) is 4.15. The molecule has 1 aliphatic carbocycles. The minimum atomic E-state index is -0.285. The summed E-state index contributed by atoms with van der Waals surface area (Å²) in [5, 5.41) is 20.8. The van der Waals surface area contributed by atoms with E-state index < -0.39 is 0 Å². The summed E-state index contributed by atoms with van der Waals surface area (Å²) in [5.41, 5.74) is 3.63. The molecule has 2 heterocycles. The summed E-state index contributed by atoms with van der Waals surface area (Å²) in [4.78, 5) is 13.8. The zero-order chi connectivity index (χ0) is 21.1. The molecule has 4 rings (SSSR count). The SMILES string of the molecule is CCc1ccc(OCC(=O)Nc2sc3c(c2C#N)CC[C@H](C)C3)c(-n2cnnc2)c1. The second-order valence-electron chi connectivity index (χ2n) is 7.53. The molecule has 0 saturated carbocycles. The van der Waals surface area contributed by atoms with E-state index in [-0.39, 0.29) is 12.5 Å². The van der Waals surface area contributed by atoms with Gasteiger partial charge >= 0.3 is 0 Å². The minimum Gasteiger partial charge on any atom is -0.482 e. The Morgan fingerprint density at radius 2 is 2.20 bits per heavy atom. The number of rotatable bonds is 6. The number of carbonyl (C=O) groups is 1. The Bertz CT molecular complexity index is 1100. The maximum Gasteiger partial charge on any atom is 0.262 e. The molecule has 0 spiro atoms. The molecule has 3 aromatic rings. The highest BCUT2D eigenvalue weighted by Gasteiger charge is 2.24. The van der Waals surface area contributed by atoms with Gasteiger partial charge in [0.15, 0.2) is 6.61 Å². The first-order valence-corrected chi connectivity index (χ1v) is 10.9. The van der Waals surface area contributed by atoms with Crippen LogP contribution in [0.15, 0.2) is 30.9 Å². The highest BCUT2D eigenvalue weighted by atomic mass is 32.1. The molecule has 1 N–H and O–H groups in total. The molecular weight excluding hydrogens is 398 g/mol. The molecule has 0 radical (unpaired) electrons. The van der Waals surface area contributed by atoms with Crippen LogP contribution in [0, 0.1) is 17.2 Å². The van der Waals surface area contributed by atoms with Crippen molar-refractivity contribution < 1.29 is 9.53 Å². The summed E-state index contributed by atoms with van der Waals surface area (Å²) in [5.74, 6) is 0.895. The Morgan fingerprint density at radius 3 is 2.93 bits per heavy atom. The van der Waals surface area contributed by atoms with Gasteiger partial charge in [-0.1, -0.05) is 19.9 Å². The topological polar surface area (TPSA) is 92.8 Å². The predicted octanol–water partition coefficient (Wildman–Crippen LogP) is 3.91. The average molecular weight is 422 g/mol. The van der Waals surface area contributed by atoms with E-state index in [0.29, 0.717) is 22.2 Å². The van der Waals surface area contributed by atoms with Crippen molar-refractivity contribution in [3.05, 3.63) is 52.4 Å². The first-order valence-electron chi connectivity index (χ1n) is 10.0. The number of anilines is 1. The second-order valence-corrected chi connectivity index (χ2v) is 8.63. The molecule has 30 heavy (non-hydrogen) atoms. The van der Waals surface area contributed by atoms with Crippen molar-refractivity contribution in [3.63, 3.8) is 0 Å². The minimum absolute atomic E-state index is 0.148. The zero-order valence-corrected chi connectivity index (χ0v) is 17.8. The average Bonchev–Trinajstić information content (AvgIpc) is 3.39. The number of hydrogen-bond donors (Lipinski definition) is 1. The number of amides is 1. The number of nitriles is 1. The van der Waals surface area contributed by atoms with E-state index in [2.05, 4.69) is 35.4 Å². The number of nitrogens with zero attached hydrogens (tertiary/aromatic N) is 4. The Balaban J connectivity index is 1.48. The molecule has 7 nitrogen and oxygen atoms in total. The van der Waals surface area contributed by atoms with Gasteiger partial charge < -0.3 is 10.1 Å². The van der Waals surface area contributed by atoms with E-state index in [0.717, 1.165) is 42.5 Å². The van der Waals surface area contributed by atoms with Crippen molar-refractivity contribution in [1.29, 1.82) is 5.26 Å². The number of carbonyl (C=O) groups excluding carboxylic acids is 1. The third-order valence-electron chi connectivity index (χ3n) is 5.36. The van der Waals surface area contributed by atoms with Crippen molar-refractivity contribution >= 4 is 22.2 Å².